The van der Waals surface area contributed by atoms with Gasteiger partial charge in [-0.15, -0.1) is 0 Å². The average molecular weight is 243 g/mol. The summed E-state index contributed by atoms with van der Waals surface area (Å²) in [6.07, 6.45) is 0.596. The smallest absolute Gasteiger partial charge is 0.332 e. The van der Waals surface area contributed by atoms with Gasteiger partial charge in [-0.25, -0.2) is 4.79 Å². The first kappa shape index (κ1) is 17.8. The van der Waals surface area contributed by atoms with Crippen molar-refractivity contribution in [3.8, 4) is 0 Å². The van der Waals surface area contributed by atoms with Crippen LogP contribution in [-0.2, 0) is 14.3 Å². The maximum atomic E-state index is 10.7. The second kappa shape index (κ2) is 10.9. The predicted molar refractivity (Wildman–Crippen MR) is 66.4 cm³/mol. The summed E-state index contributed by atoms with van der Waals surface area (Å²) < 4.78 is 4.27. The molecule has 0 radical (unpaired) electrons. The number of methoxy groups -OCH3 is 1. The molecule has 0 heterocycles. The van der Waals surface area contributed by atoms with E-state index in [1.165, 1.54) is 7.11 Å². The molecule has 0 aliphatic heterocycles. The molecular weight excluding hydrogens is 222 g/mol. The predicted octanol–water partition coefficient (Wildman–Crippen LogP) is 0.797. The van der Waals surface area contributed by atoms with E-state index in [-0.39, 0.29) is 18.5 Å². The first-order chi connectivity index (χ1) is 7.86. The molecule has 0 aromatic heterocycles. The van der Waals surface area contributed by atoms with Crippen LogP contribution in [0.4, 0.5) is 0 Å². The molecule has 0 bridgehead atoms. The third kappa shape index (κ3) is 12.3. The van der Waals surface area contributed by atoms with Gasteiger partial charge in [0.1, 0.15) is 0 Å². The van der Waals surface area contributed by atoms with E-state index >= 15 is 0 Å². The second-order valence-electron chi connectivity index (χ2n) is 3.39. The van der Waals surface area contributed by atoms with Gasteiger partial charge in [-0.2, -0.15) is 0 Å². The molecule has 0 atom stereocenters. The first-order valence-electron chi connectivity index (χ1n) is 5.15. The number of carbonyl (C=O) groups is 2. The Morgan fingerprint density at radius 2 is 1.76 bits per heavy atom. The lowest BCUT2D eigenvalue weighted by molar-refractivity contribution is -0.136. The van der Waals surface area contributed by atoms with Crippen LogP contribution in [0.1, 0.15) is 20.3 Å². The van der Waals surface area contributed by atoms with Crippen LogP contribution in [0.3, 0.4) is 0 Å². The molecule has 0 rings (SSSR count). The van der Waals surface area contributed by atoms with Gasteiger partial charge in [0.05, 0.1) is 7.11 Å². The number of nitrogens with one attached hydrogen (secondary N) is 1. The Kier molecular flexibility index (Phi) is 11.4. The molecule has 0 spiro atoms. The Labute approximate surface area is 102 Å². The van der Waals surface area contributed by atoms with Gasteiger partial charge in [0.25, 0.3) is 0 Å². The third-order valence-corrected chi connectivity index (χ3v) is 1.54. The molecule has 5 nitrogen and oxygen atoms in total. The van der Waals surface area contributed by atoms with Crippen molar-refractivity contribution in [2.75, 3.05) is 20.3 Å². The Bertz CT molecular complexity index is 284. The number of carbonyl (C=O) groups excluding carboxylic acids is 2. The number of hydrogen-bond acceptors (Lipinski definition) is 4. The Balaban J connectivity index is 0. The first-order valence-corrected chi connectivity index (χ1v) is 5.15. The van der Waals surface area contributed by atoms with Crippen LogP contribution in [0.25, 0.3) is 0 Å². The van der Waals surface area contributed by atoms with Gasteiger partial charge in [0.15, 0.2) is 0 Å². The van der Waals surface area contributed by atoms with Crippen molar-refractivity contribution in [3.63, 3.8) is 0 Å². The number of aliphatic hydroxyl groups is 1. The van der Waals surface area contributed by atoms with Crippen LogP contribution in [0, 0.1) is 0 Å². The van der Waals surface area contributed by atoms with Gasteiger partial charge >= 0.3 is 5.97 Å². The van der Waals surface area contributed by atoms with Crippen molar-refractivity contribution in [2.24, 2.45) is 0 Å². The molecule has 1 amide bonds. The summed E-state index contributed by atoms with van der Waals surface area (Å²) in [7, 11) is 1.33. The molecule has 0 aromatic rings. The van der Waals surface area contributed by atoms with E-state index in [1.54, 1.807) is 13.8 Å². The van der Waals surface area contributed by atoms with Crippen LogP contribution in [0.2, 0.25) is 0 Å². The second-order valence-corrected chi connectivity index (χ2v) is 3.39. The van der Waals surface area contributed by atoms with Gasteiger partial charge in [-0.3, -0.25) is 4.79 Å². The number of esters is 1. The zero-order valence-electron chi connectivity index (χ0n) is 10.7. The lowest BCUT2D eigenvalue weighted by atomic mass is 10.3. The minimum atomic E-state index is -0.347. The van der Waals surface area contributed by atoms with Gasteiger partial charge in [0, 0.05) is 24.3 Å². The SMILES string of the molecule is C=C(C)C(=O)NCCCO.C=C(C)C(=O)OC. The number of rotatable bonds is 5. The quantitative estimate of drug-likeness (QED) is 0.425. The minimum absolute atomic E-state index is 0.108. The topological polar surface area (TPSA) is 75.6 Å². The summed E-state index contributed by atoms with van der Waals surface area (Å²) in [5.74, 6) is -0.492. The highest BCUT2D eigenvalue weighted by Crippen LogP contribution is 1.87. The summed E-state index contributed by atoms with van der Waals surface area (Å²) in [6.45, 7) is 10.7. The Morgan fingerprint density at radius 3 is 2.00 bits per heavy atom. The molecule has 5 heteroatoms. The maximum absolute atomic E-state index is 10.7. The molecule has 0 aromatic carbocycles. The van der Waals surface area contributed by atoms with Crippen LogP contribution in [0.15, 0.2) is 24.3 Å². The van der Waals surface area contributed by atoms with Crippen molar-refractivity contribution in [1.82, 2.24) is 5.32 Å². The number of aliphatic hydroxyl groups excluding tert-OH is 1. The van der Waals surface area contributed by atoms with Crippen LogP contribution in [0.5, 0.6) is 0 Å². The molecule has 0 saturated heterocycles. The fourth-order valence-corrected chi connectivity index (χ4v) is 0.606. The zero-order valence-corrected chi connectivity index (χ0v) is 10.7. The molecule has 0 saturated carbocycles. The third-order valence-electron chi connectivity index (χ3n) is 1.54. The standard InChI is InChI=1S/C7H13NO2.C5H8O2/c1-6(2)7(10)8-4-3-5-9;1-4(2)5(6)7-3/h9H,1,3-5H2,2H3,(H,8,10);1H2,2-3H3. The molecule has 0 aliphatic rings. The van der Waals surface area contributed by atoms with E-state index in [4.69, 9.17) is 5.11 Å². The van der Waals surface area contributed by atoms with Gasteiger partial charge in [0.2, 0.25) is 5.91 Å². The van der Waals surface area contributed by atoms with Gasteiger partial charge in [-0.05, 0) is 20.3 Å². The van der Waals surface area contributed by atoms with Crippen LogP contribution < -0.4 is 5.32 Å². The van der Waals surface area contributed by atoms with E-state index in [0.29, 0.717) is 24.1 Å². The average Bonchev–Trinajstić information content (AvgIpc) is 2.28. The monoisotopic (exact) mass is 243 g/mol. The molecule has 0 unspecified atom stereocenters. The highest BCUT2D eigenvalue weighted by Gasteiger charge is 1.97. The van der Waals surface area contributed by atoms with Gasteiger partial charge < -0.3 is 15.2 Å². The number of hydrogen-bond donors (Lipinski definition) is 2. The van der Waals surface area contributed by atoms with Crippen molar-refractivity contribution < 1.29 is 19.4 Å². The van der Waals surface area contributed by atoms with E-state index in [9.17, 15) is 9.59 Å². The highest BCUT2D eigenvalue weighted by atomic mass is 16.5. The van der Waals surface area contributed by atoms with Crippen LogP contribution >= 0.6 is 0 Å². The largest absolute Gasteiger partial charge is 0.466 e. The van der Waals surface area contributed by atoms with E-state index in [2.05, 4.69) is 23.2 Å². The molecule has 0 fully saturated rings. The van der Waals surface area contributed by atoms with Crippen molar-refractivity contribution in [3.05, 3.63) is 24.3 Å². The Morgan fingerprint density at radius 1 is 1.24 bits per heavy atom. The highest BCUT2D eigenvalue weighted by molar-refractivity contribution is 5.92. The molecule has 17 heavy (non-hydrogen) atoms. The normalized spacial score (nSPS) is 8.47. The summed E-state index contributed by atoms with van der Waals surface area (Å²) in [5, 5.41) is 10.9. The van der Waals surface area contributed by atoms with E-state index < -0.39 is 0 Å². The minimum Gasteiger partial charge on any atom is -0.466 e. The van der Waals surface area contributed by atoms with Crippen molar-refractivity contribution in [2.45, 2.75) is 20.3 Å². The van der Waals surface area contributed by atoms with Gasteiger partial charge in [-0.1, -0.05) is 13.2 Å². The fraction of sp³-hybridized carbons (Fsp3) is 0.500. The zero-order chi connectivity index (χ0) is 13.8. The molecule has 0 aliphatic carbocycles. The summed E-state index contributed by atoms with van der Waals surface area (Å²) in [6, 6.07) is 0. The molecular formula is C12H21NO4. The van der Waals surface area contributed by atoms with E-state index in [1.807, 2.05) is 0 Å². The molecule has 2 N–H and O–H groups in total. The summed E-state index contributed by atoms with van der Waals surface area (Å²) >= 11 is 0. The number of ether oxygens (including phenoxy) is 1. The van der Waals surface area contributed by atoms with Crippen LogP contribution in [-0.4, -0.2) is 37.2 Å². The lowest BCUT2D eigenvalue weighted by Gasteiger charge is -2.01. The summed E-state index contributed by atoms with van der Waals surface area (Å²) in [5.41, 5.74) is 0.931. The maximum Gasteiger partial charge on any atom is 0.332 e. The molecule has 98 valence electrons. The van der Waals surface area contributed by atoms with Crippen molar-refractivity contribution >= 4 is 11.9 Å². The summed E-state index contributed by atoms with van der Waals surface area (Å²) in [4.78, 5) is 20.9. The number of amides is 1. The lowest BCUT2D eigenvalue weighted by Crippen LogP contribution is -2.25. The Hall–Kier alpha value is -1.62. The van der Waals surface area contributed by atoms with E-state index in [0.717, 1.165) is 0 Å². The van der Waals surface area contributed by atoms with Crippen molar-refractivity contribution in [1.29, 1.82) is 0 Å². The fourth-order valence-electron chi connectivity index (χ4n) is 0.606.